The maximum Gasteiger partial charge on any atom is 0.419 e. The molecule has 4 nitrogen and oxygen atoms in total. The average molecular weight is 310 g/mol. The molecule has 21 heavy (non-hydrogen) atoms. The number of alkyl halides is 3. The second-order valence-electron chi connectivity index (χ2n) is 4.16. The van der Waals surface area contributed by atoms with Crippen molar-refractivity contribution >= 4 is 0 Å². The Morgan fingerprint density at radius 2 is 1.76 bits per heavy atom. The second kappa shape index (κ2) is 7.69. The first-order valence-corrected chi connectivity index (χ1v) is 6.41. The fraction of sp³-hybridized carbons (Fsp3) is 0.538. The molecule has 0 aliphatic rings. The molecule has 1 rings (SSSR count). The summed E-state index contributed by atoms with van der Waals surface area (Å²) in [5.41, 5.74) is 1.12. The van der Waals surface area contributed by atoms with Crippen LogP contribution in [0.25, 0.3) is 0 Å². The Balaban J connectivity index is 3.15. The van der Waals surface area contributed by atoms with Crippen molar-refractivity contribution in [1.82, 2.24) is 5.43 Å². The van der Waals surface area contributed by atoms with E-state index >= 15 is 0 Å². The first kappa shape index (κ1) is 17.8. The van der Waals surface area contributed by atoms with Gasteiger partial charge in [-0.05, 0) is 31.5 Å². The number of halogens is 4. The van der Waals surface area contributed by atoms with Gasteiger partial charge >= 0.3 is 6.18 Å². The Bertz CT molecular complexity index is 448. The maximum atomic E-state index is 13.3. The topological polar surface area (TPSA) is 56.5 Å². The van der Waals surface area contributed by atoms with E-state index in [0.29, 0.717) is 6.07 Å². The molecule has 0 bridgehead atoms. The van der Waals surface area contributed by atoms with Gasteiger partial charge in [-0.1, -0.05) is 6.07 Å². The largest absolute Gasteiger partial charge is 0.419 e. The van der Waals surface area contributed by atoms with Crippen LogP contribution in [0, 0.1) is 5.82 Å². The number of nitrogens with two attached hydrogens (primary N) is 1. The van der Waals surface area contributed by atoms with Crippen LogP contribution in [0.4, 0.5) is 17.6 Å². The number of nitrogens with one attached hydrogen (secondary N) is 1. The molecule has 8 heteroatoms. The Morgan fingerprint density at radius 1 is 1.19 bits per heavy atom. The summed E-state index contributed by atoms with van der Waals surface area (Å²) in [5, 5.41) is 0. The lowest BCUT2D eigenvalue weighted by atomic mass is 10.0. The molecule has 120 valence electrons. The summed E-state index contributed by atoms with van der Waals surface area (Å²) in [6.07, 6.45) is -5.66. The molecule has 0 heterocycles. The molecule has 0 radical (unpaired) electrons. The minimum atomic E-state index is -4.79. The molecule has 1 aromatic rings. The fourth-order valence-electron chi connectivity index (χ4n) is 1.85. The van der Waals surface area contributed by atoms with Crippen LogP contribution in [-0.2, 0) is 15.7 Å². The van der Waals surface area contributed by atoms with Crippen LogP contribution in [-0.4, -0.2) is 19.5 Å². The molecule has 1 atom stereocenters. The zero-order valence-electron chi connectivity index (χ0n) is 11.7. The summed E-state index contributed by atoms with van der Waals surface area (Å²) in [6.45, 7) is 4.00. The molecule has 0 aliphatic heterocycles. The second-order valence-corrected chi connectivity index (χ2v) is 4.16. The van der Waals surface area contributed by atoms with Crippen molar-refractivity contribution in [2.75, 3.05) is 13.2 Å². The highest BCUT2D eigenvalue weighted by Gasteiger charge is 2.35. The normalized spacial score (nSPS) is 13.7. The first-order valence-electron chi connectivity index (χ1n) is 6.41. The molecule has 1 aromatic carbocycles. The lowest BCUT2D eigenvalue weighted by Crippen LogP contribution is -2.39. The summed E-state index contributed by atoms with van der Waals surface area (Å²) in [4.78, 5) is 0. The molecule has 0 saturated heterocycles. The highest BCUT2D eigenvalue weighted by molar-refractivity contribution is 5.29. The monoisotopic (exact) mass is 310 g/mol. The van der Waals surface area contributed by atoms with Crippen LogP contribution in [0.15, 0.2) is 18.2 Å². The maximum absolute atomic E-state index is 13.3. The number of rotatable bonds is 7. The standard InChI is InChI=1S/C13H18F4N2O2/c1-3-20-12(21-4-2)11(19-18)8-5-6-10(14)9(7-8)13(15,16)17/h5-7,11-12,19H,3-4,18H2,1-2H3. The predicted molar refractivity (Wildman–Crippen MR) is 68.5 cm³/mol. The van der Waals surface area contributed by atoms with Gasteiger partial charge in [-0.3, -0.25) is 5.84 Å². The average Bonchev–Trinajstić information content (AvgIpc) is 2.40. The number of hydrogen-bond acceptors (Lipinski definition) is 4. The zero-order chi connectivity index (χ0) is 16.0. The summed E-state index contributed by atoms with van der Waals surface area (Å²) in [7, 11) is 0. The van der Waals surface area contributed by atoms with Crippen molar-refractivity contribution in [3.05, 3.63) is 35.1 Å². The molecular formula is C13H18F4N2O2. The molecule has 0 spiro atoms. The van der Waals surface area contributed by atoms with Crippen molar-refractivity contribution < 1.29 is 27.0 Å². The van der Waals surface area contributed by atoms with E-state index in [2.05, 4.69) is 5.43 Å². The Hall–Kier alpha value is -1.22. The number of hydrogen-bond donors (Lipinski definition) is 2. The quantitative estimate of drug-likeness (QED) is 0.352. The van der Waals surface area contributed by atoms with Crippen LogP contribution in [0.2, 0.25) is 0 Å². The third-order valence-electron chi connectivity index (χ3n) is 2.77. The SMILES string of the molecule is CCOC(OCC)C(NN)c1ccc(F)c(C(F)(F)F)c1. The third-order valence-corrected chi connectivity index (χ3v) is 2.77. The molecule has 0 amide bonds. The van der Waals surface area contributed by atoms with Crippen LogP contribution < -0.4 is 11.3 Å². The summed E-state index contributed by atoms with van der Waals surface area (Å²) in [6, 6.07) is 1.80. The molecule has 3 N–H and O–H groups in total. The predicted octanol–water partition coefficient (Wildman–Crippen LogP) is 2.75. The van der Waals surface area contributed by atoms with Gasteiger partial charge in [0.05, 0.1) is 11.6 Å². The number of ether oxygens (including phenoxy) is 2. The fourth-order valence-corrected chi connectivity index (χ4v) is 1.85. The third kappa shape index (κ3) is 4.63. The van der Waals surface area contributed by atoms with Crippen molar-refractivity contribution in [3.63, 3.8) is 0 Å². The lowest BCUT2D eigenvalue weighted by molar-refractivity contribution is -0.156. The molecule has 0 aliphatic carbocycles. The molecule has 0 fully saturated rings. The van der Waals surface area contributed by atoms with Gasteiger partial charge in [-0.15, -0.1) is 0 Å². The van der Waals surface area contributed by atoms with Gasteiger partial charge in [0.15, 0.2) is 6.29 Å². The van der Waals surface area contributed by atoms with Crippen LogP contribution in [0.1, 0.15) is 31.0 Å². The van der Waals surface area contributed by atoms with Crippen LogP contribution in [0.3, 0.4) is 0 Å². The molecule has 1 unspecified atom stereocenters. The van der Waals surface area contributed by atoms with Gasteiger partial charge in [0.1, 0.15) is 5.82 Å². The Labute approximate surface area is 120 Å². The van der Waals surface area contributed by atoms with Gasteiger partial charge in [0.25, 0.3) is 0 Å². The van der Waals surface area contributed by atoms with Gasteiger partial charge < -0.3 is 9.47 Å². The van der Waals surface area contributed by atoms with Crippen molar-refractivity contribution in [2.24, 2.45) is 5.84 Å². The van der Waals surface area contributed by atoms with E-state index in [-0.39, 0.29) is 18.8 Å². The van der Waals surface area contributed by atoms with E-state index < -0.39 is 29.9 Å². The zero-order valence-corrected chi connectivity index (χ0v) is 11.7. The lowest BCUT2D eigenvalue weighted by Gasteiger charge is -2.27. The minimum Gasteiger partial charge on any atom is -0.351 e. The number of hydrazine groups is 1. The highest BCUT2D eigenvalue weighted by atomic mass is 19.4. The highest BCUT2D eigenvalue weighted by Crippen LogP contribution is 2.33. The van der Waals surface area contributed by atoms with E-state index in [1.807, 2.05) is 0 Å². The van der Waals surface area contributed by atoms with E-state index in [1.165, 1.54) is 6.07 Å². The van der Waals surface area contributed by atoms with Gasteiger partial charge in [-0.25, -0.2) is 9.82 Å². The van der Waals surface area contributed by atoms with Crippen molar-refractivity contribution in [2.45, 2.75) is 32.4 Å². The van der Waals surface area contributed by atoms with Gasteiger partial charge in [0.2, 0.25) is 0 Å². The first-order chi connectivity index (χ1) is 9.85. The van der Waals surface area contributed by atoms with Crippen LogP contribution in [0.5, 0.6) is 0 Å². The molecule has 0 saturated carbocycles. The van der Waals surface area contributed by atoms with E-state index in [4.69, 9.17) is 15.3 Å². The van der Waals surface area contributed by atoms with E-state index in [9.17, 15) is 17.6 Å². The van der Waals surface area contributed by atoms with Crippen molar-refractivity contribution in [3.8, 4) is 0 Å². The van der Waals surface area contributed by atoms with Crippen LogP contribution >= 0.6 is 0 Å². The minimum absolute atomic E-state index is 0.123. The Morgan fingerprint density at radius 3 is 2.19 bits per heavy atom. The van der Waals surface area contributed by atoms with E-state index in [1.54, 1.807) is 13.8 Å². The number of benzene rings is 1. The molecule has 0 aromatic heterocycles. The smallest absolute Gasteiger partial charge is 0.351 e. The summed E-state index contributed by atoms with van der Waals surface area (Å²) >= 11 is 0. The summed E-state index contributed by atoms with van der Waals surface area (Å²) in [5.74, 6) is 4.04. The summed E-state index contributed by atoms with van der Waals surface area (Å²) < 4.78 is 62.1. The molecular weight excluding hydrogens is 292 g/mol. The van der Waals surface area contributed by atoms with Crippen molar-refractivity contribution in [1.29, 1.82) is 0 Å². The Kier molecular flexibility index (Phi) is 6.53. The van der Waals surface area contributed by atoms with Gasteiger partial charge in [-0.2, -0.15) is 13.2 Å². The van der Waals surface area contributed by atoms with E-state index in [0.717, 1.165) is 6.07 Å². The van der Waals surface area contributed by atoms with Gasteiger partial charge in [0, 0.05) is 13.2 Å².